The van der Waals surface area contributed by atoms with Crippen LogP contribution in [0.3, 0.4) is 0 Å². The first-order valence-corrected chi connectivity index (χ1v) is 6.03. The first kappa shape index (κ1) is 11.7. The van der Waals surface area contributed by atoms with Gasteiger partial charge >= 0.3 is 5.76 Å². The van der Waals surface area contributed by atoms with Crippen molar-refractivity contribution in [3.63, 3.8) is 0 Å². The zero-order valence-electron chi connectivity index (χ0n) is 10.5. The van der Waals surface area contributed by atoms with Gasteiger partial charge in [-0.15, -0.1) is 0 Å². The highest BCUT2D eigenvalue weighted by Crippen LogP contribution is 2.26. The van der Waals surface area contributed by atoms with Crippen LogP contribution < -0.4 is 11.5 Å². The summed E-state index contributed by atoms with van der Waals surface area (Å²) in [4.78, 5) is 13.8. The van der Waals surface area contributed by atoms with E-state index in [0.29, 0.717) is 17.6 Å². The normalized spacial score (nSPS) is 11.3. The van der Waals surface area contributed by atoms with Gasteiger partial charge in [0.05, 0.1) is 11.7 Å². The summed E-state index contributed by atoms with van der Waals surface area (Å²) in [5.41, 5.74) is 9.91. The van der Waals surface area contributed by atoms with Crippen LogP contribution in [0.2, 0.25) is 0 Å². The molecular formula is C13H14N4O2. The number of hydrogen-bond acceptors (Lipinski definition) is 4. The predicted octanol–water partition coefficient (Wildman–Crippen LogP) is 1.02. The van der Waals surface area contributed by atoms with Crippen LogP contribution in [0.25, 0.3) is 22.2 Å². The van der Waals surface area contributed by atoms with Crippen LogP contribution in [-0.4, -0.2) is 21.3 Å². The number of hydrogen-bond donors (Lipinski definition) is 2. The summed E-state index contributed by atoms with van der Waals surface area (Å²) >= 11 is 0. The molecule has 6 heteroatoms. The molecule has 0 aliphatic heterocycles. The first-order valence-electron chi connectivity index (χ1n) is 6.03. The number of fused-ring (bicyclic) bond motifs is 1. The molecule has 3 aromatic rings. The van der Waals surface area contributed by atoms with E-state index in [2.05, 4.69) is 10.1 Å². The topological polar surface area (TPSA) is 89.8 Å². The second kappa shape index (κ2) is 4.40. The summed E-state index contributed by atoms with van der Waals surface area (Å²) in [6, 6.07) is 5.60. The summed E-state index contributed by atoms with van der Waals surface area (Å²) in [5, 5.41) is 4.26. The molecule has 0 bridgehead atoms. The van der Waals surface area contributed by atoms with Gasteiger partial charge in [0, 0.05) is 24.7 Å². The number of nitrogens with zero attached hydrogens (tertiary/aromatic N) is 2. The number of aromatic nitrogens is 3. The summed E-state index contributed by atoms with van der Waals surface area (Å²) in [6.07, 6.45) is 2.55. The maximum absolute atomic E-state index is 11.2. The molecule has 2 aromatic heterocycles. The Morgan fingerprint density at radius 2 is 2.32 bits per heavy atom. The molecule has 0 amide bonds. The minimum absolute atomic E-state index is 0.444. The predicted molar refractivity (Wildman–Crippen MR) is 71.8 cm³/mol. The second-order valence-corrected chi connectivity index (χ2v) is 4.39. The molecule has 0 aliphatic rings. The van der Waals surface area contributed by atoms with E-state index in [4.69, 9.17) is 10.2 Å². The molecule has 0 aliphatic carbocycles. The van der Waals surface area contributed by atoms with Gasteiger partial charge in [-0.2, -0.15) is 5.10 Å². The molecular weight excluding hydrogens is 244 g/mol. The van der Waals surface area contributed by atoms with Gasteiger partial charge in [0.15, 0.2) is 5.58 Å². The summed E-state index contributed by atoms with van der Waals surface area (Å²) < 4.78 is 6.89. The third kappa shape index (κ3) is 1.96. The van der Waals surface area contributed by atoms with Crippen LogP contribution in [0.4, 0.5) is 0 Å². The highest BCUT2D eigenvalue weighted by Gasteiger charge is 2.11. The van der Waals surface area contributed by atoms with Crippen molar-refractivity contribution in [2.75, 3.05) is 6.54 Å². The largest absolute Gasteiger partial charge is 0.417 e. The number of benzene rings is 1. The Kier molecular flexibility index (Phi) is 2.72. The lowest BCUT2D eigenvalue weighted by Crippen LogP contribution is -2.08. The van der Waals surface area contributed by atoms with E-state index in [0.717, 1.165) is 23.2 Å². The fourth-order valence-electron chi connectivity index (χ4n) is 2.25. The molecule has 0 saturated heterocycles. The van der Waals surface area contributed by atoms with Crippen LogP contribution in [0, 0.1) is 0 Å². The lowest BCUT2D eigenvalue weighted by molar-refractivity contribution is 0.555. The minimum Gasteiger partial charge on any atom is -0.408 e. The maximum Gasteiger partial charge on any atom is 0.417 e. The number of nitrogens with one attached hydrogen (secondary N) is 1. The molecule has 1 aromatic carbocycles. The molecule has 19 heavy (non-hydrogen) atoms. The van der Waals surface area contributed by atoms with Crippen molar-refractivity contribution in [1.29, 1.82) is 0 Å². The number of oxazole rings is 1. The van der Waals surface area contributed by atoms with Crippen molar-refractivity contribution in [1.82, 2.24) is 14.8 Å². The lowest BCUT2D eigenvalue weighted by Gasteiger charge is -2.04. The molecule has 0 fully saturated rings. The van der Waals surface area contributed by atoms with Crippen LogP contribution in [-0.2, 0) is 13.5 Å². The minimum atomic E-state index is -0.444. The molecule has 0 spiro atoms. The standard InChI is InChI=1S/C13H14N4O2/c1-17-11(4-5-14)9(7-15-17)8-2-3-10-12(6-8)19-13(18)16-10/h2-3,6-7H,4-5,14H2,1H3,(H,16,18). The number of aryl methyl sites for hydroxylation is 1. The average molecular weight is 258 g/mol. The smallest absolute Gasteiger partial charge is 0.408 e. The van der Waals surface area contributed by atoms with Gasteiger partial charge in [-0.25, -0.2) is 4.79 Å². The van der Waals surface area contributed by atoms with E-state index in [-0.39, 0.29) is 0 Å². The van der Waals surface area contributed by atoms with E-state index >= 15 is 0 Å². The van der Waals surface area contributed by atoms with Gasteiger partial charge in [0.1, 0.15) is 0 Å². The second-order valence-electron chi connectivity index (χ2n) is 4.39. The van der Waals surface area contributed by atoms with E-state index in [1.165, 1.54) is 0 Å². The molecule has 3 N–H and O–H groups in total. The highest BCUT2D eigenvalue weighted by molar-refractivity contribution is 5.80. The van der Waals surface area contributed by atoms with Gasteiger partial charge in [-0.05, 0) is 24.2 Å². The van der Waals surface area contributed by atoms with Gasteiger partial charge in [0.25, 0.3) is 0 Å². The van der Waals surface area contributed by atoms with E-state index < -0.39 is 5.76 Å². The van der Waals surface area contributed by atoms with E-state index in [1.54, 1.807) is 6.20 Å². The maximum atomic E-state index is 11.2. The molecule has 98 valence electrons. The third-order valence-corrected chi connectivity index (χ3v) is 3.17. The van der Waals surface area contributed by atoms with Gasteiger partial charge < -0.3 is 10.2 Å². The fraction of sp³-hybridized carbons (Fsp3) is 0.231. The Bertz CT molecular complexity index is 781. The van der Waals surface area contributed by atoms with Crippen LogP contribution in [0.1, 0.15) is 5.69 Å². The number of rotatable bonds is 3. The van der Waals surface area contributed by atoms with Gasteiger partial charge in [-0.3, -0.25) is 9.67 Å². The molecule has 0 unspecified atom stereocenters. The third-order valence-electron chi connectivity index (χ3n) is 3.17. The molecule has 6 nitrogen and oxygen atoms in total. The first-order chi connectivity index (χ1) is 9.19. The molecule has 3 rings (SSSR count). The summed E-state index contributed by atoms with van der Waals surface area (Å²) in [6.45, 7) is 0.564. The number of nitrogens with two attached hydrogens (primary N) is 1. The SMILES string of the molecule is Cn1ncc(-c2ccc3[nH]c(=O)oc3c2)c1CCN. The van der Waals surface area contributed by atoms with Crippen molar-refractivity contribution in [2.24, 2.45) is 12.8 Å². The number of aromatic amines is 1. The zero-order chi connectivity index (χ0) is 13.4. The average Bonchev–Trinajstić information content (AvgIpc) is 2.92. The van der Waals surface area contributed by atoms with Gasteiger partial charge in [0.2, 0.25) is 0 Å². The van der Waals surface area contributed by atoms with Crippen molar-refractivity contribution in [2.45, 2.75) is 6.42 Å². The Morgan fingerprint density at radius 1 is 1.47 bits per heavy atom. The molecule has 0 atom stereocenters. The Morgan fingerprint density at radius 3 is 3.11 bits per heavy atom. The van der Waals surface area contributed by atoms with Crippen molar-refractivity contribution < 1.29 is 4.42 Å². The monoisotopic (exact) mass is 258 g/mol. The highest BCUT2D eigenvalue weighted by atomic mass is 16.4. The van der Waals surface area contributed by atoms with E-state index in [1.807, 2.05) is 29.9 Å². The van der Waals surface area contributed by atoms with Crippen molar-refractivity contribution in [3.05, 3.63) is 40.6 Å². The Balaban J connectivity index is 2.15. The lowest BCUT2D eigenvalue weighted by atomic mass is 10.0. The number of H-pyrrole nitrogens is 1. The van der Waals surface area contributed by atoms with Crippen LogP contribution in [0.5, 0.6) is 0 Å². The molecule has 0 radical (unpaired) electrons. The fourth-order valence-corrected chi connectivity index (χ4v) is 2.25. The quantitative estimate of drug-likeness (QED) is 0.734. The van der Waals surface area contributed by atoms with E-state index in [9.17, 15) is 4.79 Å². The zero-order valence-corrected chi connectivity index (χ0v) is 10.5. The Labute approximate surface area is 108 Å². The van der Waals surface area contributed by atoms with Crippen molar-refractivity contribution >= 4 is 11.1 Å². The summed E-state index contributed by atoms with van der Waals surface area (Å²) in [7, 11) is 1.89. The van der Waals surface area contributed by atoms with Crippen LogP contribution in [0.15, 0.2) is 33.6 Å². The van der Waals surface area contributed by atoms with Crippen LogP contribution >= 0.6 is 0 Å². The molecule has 2 heterocycles. The Hall–Kier alpha value is -2.34. The molecule has 0 saturated carbocycles. The van der Waals surface area contributed by atoms with Gasteiger partial charge in [-0.1, -0.05) is 6.07 Å². The van der Waals surface area contributed by atoms with Crippen molar-refractivity contribution in [3.8, 4) is 11.1 Å². The summed E-state index contributed by atoms with van der Waals surface area (Å²) in [5.74, 6) is -0.444.